The van der Waals surface area contributed by atoms with Gasteiger partial charge < -0.3 is 5.32 Å². The number of hydrogen-bond donors (Lipinski definition) is 1. The Bertz CT molecular complexity index is 766. The summed E-state index contributed by atoms with van der Waals surface area (Å²) in [5, 5.41) is 7.44. The molecule has 0 spiro atoms. The molecule has 0 aliphatic carbocycles. The van der Waals surface area contributed by atoms with Crippen molar-refractivity contribution in [3.05, 3.63) is 46.4 Å². The first kappa shape index (κ1) is 17.4. The normalized spacial score (nSPS) is 16.9. The van der Waals surface area contributed by atoms with E-state index in [2.05, 4.69) is 15.4 Å². The van der Waals surface area contributed by atoms with Gasteiger partial charge in [0.1, 0.15) is 5.82 Å². The number of nitrogens with one attached hydrogen (secondary N) is 1. The SMILES string of the molecule is CCCNC(=O)CC1CCc2nn(Cc3cccnc3)c(=O)n2CC1. The van der Waals surface area contributed by atoms with E-state index in [4.69, 9.17) is 0 Å². The Balaban J connectivity index is 1.64. The molecule has 2 aromatic heterocycles. The van der Waals surface area contributed by atoms with Crippen LogP contribution in [0.5, 0.6) is 0 Å². The molecule has 0 saturated heterocycles. The number of carbonyl (C=O) groups is 1. The Labute approximate surface area is 147 Å². The van der Waals surface area contributed by atoms with E-state index < -0.39 is 0 Å². The number of fused-ring (bicyclic) bond motifs is 1. The van der Waals surface area contributed by atoms with E-state index in [1.54, 1.807) is 17.0 Å². The van der Waals surface area contributed by atoms with E-state index in [-0.39, 0.29) is 11.6 Å². The molecule has 7 heteroatoms. The van der Waals surface area contributed by atoms with E-state index >= 15 is 0 Å². The fourth-order valence-corrected chi connectivity index (χ4v) is 3.26. The molecule has 3 rings (SSSR count). The maximum Gasteiger partial charge on any atom is 0.346 e. The lowest BCUT2D eigenvalue weighted by Gasteiger charge is -2.13. The monoisotopic (exact) mass is 343 g/mol. The van der Waals surface area contributed by atoms with Gasteiger partial charge in [-0.1, -0.05) is 13.0 Å². The molecule has 134 valence electrons. The Morgan fingerprint density at radius 1 is 1.40 bits per heavy atom. The van der Waals surface area contributed by atoms with Crippen molar-refractivity contribution in [3.8, 4) is 0 Å². The van der Waals surface area contributed by atoms with Crippen LogP contribution >= 0.6 is 0 Å². The van der Waals surface area contributed by atoms with Gasteiger partial charge in [0.25, 0.3) is 0 Å². The Morgan fingerprint density at radius 3 is 3.04 bits per heavy atom. The third-order valence-corrected chi connectivity index (χ3v) is 4.64. The van der Waals surface area contributed by atoms with E-state index in [0.29, 0.717) is 25.4 Å². The van der Waals surface area contributed by atoms with Crippen LogP contribution in [0, 0.1) is 5.92 Å². The molecule has 0 saturated carbocycles. The molecular formula is C18H25N5O2. The number of rotatable bonds is 6. The fraction of sp³-hybridized carbons (Fsp3) is 0.556. The molecular weight excluding hydrogens is 318 g/mol. The van der Waals surface area contributed by atoms with Crippen molar-refractivity contribution in [2.45, 2.75) is 52.1 Å². The second kappa shape index (κ2) is 8.09. The van der Waals surface area contributed by atoms with Gasteiger partial charge in [-0.3, -0.25) is 14.3 Å². The van der Waals surface area contributed by atoms with Gasteiger partial charge in [-0.05, 0) is 36.8 Å². The van der Waals surface area contributed by atoms with Gasteiger partial charge in [0.2, 0.25) is 5.91 Å². The summed E-state index contributed by atoms with van der Waals surface area (Å²) in [6, 6.07) is 3.80. The van der Waals surface area contributed by atoms with Crippen LogP contribution in [-0.4, -0.2) is 31.8 Å². The van der Waals surface area contributed by atoms with Gasteiger partial charge in [-0.2, -0.15) is 5.10 Å². The highest BCUT2D eigenvalue weighted by molar-refractivity contribution is 5.76. The zero-order chi connectivity index (χ0) is 17.6. The molecule has 0 fully saturated rings. The molecule has 25 heavy (non-hydrogen) atoms. The minimum Gasteiger partial charge on any atom is -0.356 e. The first-order valence-electron chi connectivity index (χ1n) is 8.99. The highest BCUT2D eigenvalue weighted by atomic mass is 16.2. The number of aromatic nitrogens is 4. The maximum absolute atomic E-state index is 12.6. The van der Waals surface area contributed by atoms with Crippen molar-refractivity contribution in [1.82, 2.24) is 24.6 Å². The predicted molar refractivity (Wildman–Crippen MR) is 94.2 cm³/mol. The summed E-state index contributed by atoms with van der Waals surface area (Å²) in [4.78, 5) is 28.6. The average Bonchev–Trinajstić information content (AvgIpc) is 2.79. The quantitative estimate of drug-likeness (QED) is 0.858. The van der Waals surface area contributed by atoms with E-state index in [9.17, 15) is 9.59 Å². The van der Waals surface area contributed by atoms with Crippen molar-refractivity contribution in [2.24, 2.45) is 5.92 Å². The number of carbonyl (C=O) groups excluding carboxylic acids is 1. The molecule has 1 unspecified atom stereocenters. The summed E-state index contributed by atoms with van der Waals surface area (Å²) in [6.07, 6.45) is 7.42. The standard InChI is InChI=1S/C18H25N5O2/c1-2-8-20-17(24)11-14-5-6-16-21-23(18(25)22(16)10-7-14)13-15-4-3-9-19-12-15/h3-4,9,12,14H,2,5-8,10-11,13H2,1H3,(H,20,24). The molecule has 0 radical (unpaired) electrons. The van der Waals surface area contributed by atoms with Crippen molar-refractivity contribution < 1.29 is 4.79 Å². The number of amides is 1. The van der Waals surface area contributed by atoms with Crippen LogP contribution in [0.2, 0.25) is 0 Å². The minimum atomic E-state index is -0.0741. The van der Waals surface area contributed by atoms with E-state index in [1.165, 1.54) is 4.68 Å². The highest BCUT2D eigenvalue weighted by Crippen LogP contribution is 2.21. The zero-order valence-electron chi connectivity index (χ0n) is 14.6. The van der Waals surface area contributed by atoms with Crippen LogP contribution < -0.4 is 11.0 Å². The molecule has 0 bridgehead atoms. The van der Waals surface area contributed by atoms with Gasteiger partial charge in [0.05, 0.1) is 6.54 Å². The van der Waals surface area contributed by atoms with E-state index in [0.717, 1.165) is 43.6 Å². The van der Waals surface area contributed by atoms with Crippen molar-refractivity contribution in [2.75, 3.05) is 6.54 Å². The Morgan fingerprint density at radius 2 is 2.28 bits per heavy atom. The first-order valence-corrected chi connectivity index (χ1v) is 8.99. The van der Waals surface area contributed by atoms with E-state index in [1.807, 2.05) is 19.1 Å². The summed E-state index contributed by atoms with van der Waals surface area (Å²) in [6.45, 7) is 3.84. The molecule has 0 aromatic carbocycles. The average molecular weight is 343 g/mol. The van der Waals surface area contributed by atoms with Crippen molar-refractivity contribution >= 4 is 5.91 Å². The smallest absolute Gasteiger partial charge is 0.346 e. The minimum absolute atomic E-state index is 0.0741. The molecule has 3 heterocycles. The molecule has 7 nitrogen and oxygen atoms in total. The summed E-state index contributed by atoms with van der Waals surface area (Å²) >= 11 is 0. The lowest BCUT2D eigenvalue weighted by atomic mass is 9.96. The van der Waals surface area contributed by atoms with Crippen LogP contribution in [0.4, 0.5) is 0 Å². The topological polar surface area (TPSA) is 81.8 Å². The molecule has 1 aliphatic heterocycles. The summed E-state index contributed by atoms with van der Waals surface area (Å²) in [5.74, 6) is 1.25. The van der Waals surface area contributed by atoms with Crippen molar-refractivity contribution in [3.63, 3.8) is 0 Å². The molecule has 2 aromatic rings. The summed E-state index contributed by atoms with van der Waals surface area (Å²) in [5.41, 5.74) is 0.887. The van der Waals surface area contributed by atoms with Crippen molar-refractivity contribution in [1.29, 1.82) is 0 Å². The molecule has 1 aliphatic rings. The third-order valence-electron chi connectivity index (χ3n) is 4.64. The van der Waals surface area contributed by atoms with Crippen LogP contribution in [0.25, 0.3) is 0 Å². The molecule has 1 N–H and O–H groups in total. The number of aryl methyl sites for hydroxylation is 1. The largest absolute Gasteiger partial charge is 0.356 e. The lowest BCUT2D eigenvalue weighted by Crippen LogP contribution is -2.27. The maximum atomic E-state index is 12.6. The van der Waals surface area contributed by atoms with Gasteiger partial charge in [-0.25, -0.2) is 9.48 Å². The second-order valence-electron chi connectivity index (χ2n) is 6.62. The summed E-state index contributed by atoms with van der Waals surface area (Å²) < 4.78 is 3.28. The van der Waals surface area contributed by atoms with Crippen LogP contribution in [0.15, 0.2) is 29.3 Å². The zero-order valence-corrected chi connectivity index (χ0v) is 14.6. The van der Waals surface area contributed by atoms with Crippen LogP contribution in [0.3, 0.4) is 0 Å². The van der Waals surface area contributed by atoms with Crippen LogP contribution in [-0.2, 0) is 24.3 Å². The molecule has 1 atom stereocenters. The summed E-state index contributed by atoms with van der Waals surface area (Å²) in [7, 11) is 0. The Kier molecular flexibility index (Phi) is 5.63. The lowest BCUT2D eigenvalue weighted by molar-refractivity contribution is -0.122. The van der Waals surface area contributed by atoms with Crippen LogP contribution in [0.1, 0.15) is 44.0 Å². The van der Waals surface area contributed by atoms with Gasteiger partial charge >= 0.3 is 5.69 Å². The first-order chi connectivity index (χ1) is 12.2. The molecule has 1 amide bonds. The number of nitrogens with zero attached hydrogens (tertiary/aromatic N) is 4. The highest BCUT2D eigenvalue weighted by Gasteiger charge is 2.22. The fourth-order valence-electron chi connectivity index (χ4n) is 3.26. The third kappa shape index (κ3) is 4.35. The predicted octanol–water partition coefficient (Wildman–Crippen LogP) is 1.36. The number of hydrogen-bond acceptors (Lipinski definition) is 4. The second-order valence-corrected chi connectivity index (χ2v) is 6.62. The Hall–Kier alpha value is -2.44. The van der Waals surface area contributed by atoms with Gasteiger partial charge in [-0.15, -0.1) is 0 Å². The number of pyridine rings is 1. The van der Waals surface area contributed by atoms with Gasteiger partial charge in [0.15, 0.2) is 0 Å². The van der Waals surface area contributed by atoms with Gasteiger partial charge in [0, 0.05) is 38.3 Å².